The van der Waals surface area contributed by atoms with Crippen molar-refractivity contribution in [1.29, 1.82) is 0 Å². The molecule has 0 unspecified atom stereocenters. The van der Waals surface area contributed by atoms with Crippen LogP contribution in [0, 0.1) is 5.92 Å². The fraction of sp³-hybridized carbons (Fsp3) is 0.560. The maximum absolute atomic E-state index is 13.1. The summed E-state index contributed by atoms with van der Waals surface area (Å²) in [7, 11) is 0. The van der Waals surface area contributed by atoms with Crippen LogP contribution in [0.2, 0.25) is 0 Å². The van der Waals surface area contributed by atoms with E-state index in [9.17, 15) is 29.1 Å². The molecule has 36 heavy (non-hydrogen) atoms. The molecule has 11 nitrogen and oxygen atoms in total. The van der Waals surface area contributed by atoms with Crippen molar-refractivity contribution in [1.82, 2.24) is 15.5 Å². The second-order valence-corrected chi connectivity index (χ2v) is 9.58. The quantitative estimate of drug-likeness (QED) is 0.249. The Hall–Kier alpha value is -3.47. The molecule has 0 bridgehead atoms. The van der Waals surface area contributed by atoms with Gasteiger partial charge in [-0.15, -0.1) is 0 Å². The van der Waals surface area contributed by atoms with E-state index in [4.69, 9.17) is 11.5 Å². The molecule has 0 saturated carbocycles. The number of rotatable bonds is 13. The molecule has 1 heterocycles. The maximum atomic E-state index is 13.1. The summed E-state index contributed by atoms with van der Waals surface area (Å²) in [5, 5.41) is 14.7. The molecule has 1 saturated heterocycles. The van der Waals surface area contributed by atoms with Crippen LogP contribution in [0.1, 0.15) is 51.5 Å². The zero-order chi connectivity index (χ0) is 26.8. The summed E-state index contributed by atoms with van der Waals surface area (Å²) in [6, 6.07) is 4.80. The maximum Gasteiger partial charge on any atom is 0.326 e. The number of amides is 4. The molecule has 0 spiro atoms. The number of carboxylic acid groups (broad SMARTS) is 1. The molecule has 0 radical (unpaired) electrons. The largest absolute Gasteiger partial charge is 0.480 e. The summed E-state index contributed by atoms with van der Waals surface area (Å²) in [6.45, 7) is 4.27. The summed E-state index contributed by atoms with van der Waals surface area (Å²) < 4.78 is 0. The molecular weight excluding hydrogens is 466 g/mol. The molecule has 0 aliphatic carbocycles. The van der Waals surface area contributed by atoms with Gasteiger partial charge in [-0.3, -0.25) is 19.2 Å². The number of hydrogen-bond donors (Lipinski definition) is 5. The van der Waals surface area contributed by atoms with Gasteiger partial charge in [0.15, 0.2) is 0 Å². The van der Waals surface area contributed by atoms with Crippen molar-refractivity contribution in [2.24, 2.45) is 17.4 Å². The third-order valence-corrected chi connectivity index (χ3v) is 6.09. The minimum absolute atomic E-state index is 0.0387. The second kappa shape index (κ2) is 13.6. The van der Waals surface area contributed by atoms with Crippen molar-refractivity contribution >= 4 is 29.6 Å². The number of benzene rings is 1. The van der Waals surface area contributed by atoms with Crippen LogP contribution >= 0.6 is 0 Å². The van der Waals surface area contributed by atoms with Crippen molar-refractivity contribution in [3.05, 3.63) is 35.9 Å². The Bertz CT molecular complexity index is 938. The van der Waals surface area contributed by atoms with Gasteiger partial charge in [-0.1, -0.05) is 44.2 Å². The zero-order valence-electron chi connectivity index (χ0n) is 20.8. The zero-order valence-corrected chi connectivity index (χ0v) is 20.8. The number of primary amides is 1. The molecule has 0 aromatic heterocycles. The standard InChI is InChI=1S/C25H37N5O6/c1-15(2)13-17(26)24(34)30-12-6-9-20(30)23(33)28-18(10-11-21(27)31)22(32)29-19(25(35)36)14-16-7-4-3-5-8-16/h3-5,7-8,15,17-20H,6,9-14,26H2,1-2H3,(H2,27,31)(H,28,33)(H,29,32)(H,35,36)/t17-,18-,19-,20-/m0/s1. The molecular formula is C25H37N5O6. The summed E-state index contributed by atoms with van der Waals surface area (Å²) in [6.07, 6.45) is 1.22. The van der Waals surface area contributed by atoms with Gasteiger partial charge in [-0.2, -0.15) is 0 Å². The Morgan fingerprint density at radius 2 is 1.75 bits per heavy atom. The molecule has 11 heteroatoms. The topological polar surface area (TPSA) is 185 Å². The van der Waals surface area contributed by atoms with Crippen molar-refractivity contribution in [2.45, 2.75) is 76.5 Å². The lowest BCUT2D eigenvalue weighted by Crippen LogP contribution is -2.57. The first-order valence-corrected chi connectivity index (χ1v) is 12.2. The van der Waals surface area contributed by atoms with Crippen molar-refractivity contribution in [3.63, 3.8) is 0 Å². The average molecular weight is 504 g/mol. The Kier molecular flexibility index (Phi) is 10.8. The van der Waals surface area contributed by atoms with E-state index in [1.807, 2.05) is 13.8 Å². The van der Waals surface area contributed by atoms with E-state index in [0.29, 0.717) is 31.4 Å². The normalized spacial score (nSPS) is 17.8. The molecule has 1 aliphatic heterocycles. The Labute approximate surface area is 211 Å². The molecule has 198 valence electrons. The minimum Gasteiger partial charge on any atom is -0.480 e. The van der Waals surface area contributed by atoms with E-state index in [1.165, 1.54) is 4.90 Å². The Balaban J connectivity index is 2.12. The highest BCUT2D eigenvalue weighted by Crippen LogP contribution is 2.20. The van der Waals surface area contributed by atoms with Gasteiger partial charge < -0.3 is 32.1 Å². The number of carbonyl (C=O) groups excluding carboxylic acids is 4. The number of nitrogens with zero attached hydrogens (tertiary/aromatic N) is 1. The lowest BCUT2D eigenvalue weighted by atomic mass is 10.0. The van der Waals surface area contributed by atoms with Gasteiger partial charge >= 0.3 is 5.97 Å². The van der Waals surface area contributed by atoms with Crippen LogP contribution in [0.5, 0.6) is 0 Å². The SMILES string of the molecule is CC(C)C[C@H](N)C(=O)N1CCC[C@H]1C(=O)N[C@@H](CCC(N)=O)C(=O)N[C@@H](Cc1ccccc1)C(=O)O. The van der Waals surface area contributed by atoms with Gasteiger partial charge in [0.25, 0.3) is 0 Å². The lowest BCUT2D eigenvalue weighted by Gasteiger charge is -2.29. The molecule has 7 N–H and O–H groups in total. The van der Waals surface area contributed by atoms with Crippen LogP contribution in [-0.4, -0.2) is 70.3 Å². The van der Waals surface area contributed by atoms with Gasteiger partial charge in [0.1, 0.15) is 18.1 Å². The molecule has 1 fully saturated rings. The van der Waals surface area contributed by atoms with E-state index in [0.717, 1.165) is 0 Å². The van der Waals surface area contributed by atoms with Crippen LogP contribution in [0.15, 0.2) is 30.3 Å². The Morgan fingerprint density at radius 1 is 1.08 bits per heavy atom. The number of carbonyl (C=O) groups is 5. The van der Waals surface area contributed by atoms with Gasteiger partial charge in [0.2, 0.25) is 23.6 Å². The van der Waals surface area contributed by atoms with Gasteiger partial charge in [-0.05, 0) is 37.2 Å². The summed E-state index contributed by atoms with van der Waals surface area (Å²) in [5.41, 5.74) is 12.0. The molecule has 4 amide bonds. The predicted octanol–water partition coefficient (Wildman–Crippen LogP) is -0.0868. The molecule has 2 rings (SSSR count). The molecule has 4 atom stereocenters. The number of likely N-dealkylation sites (tertiary alicyclic amines) is 1. The first-order valence-electron chi connectivity index (χ1n) is 12.2. The number of nitrogens with two attached hydrogens (primary N) is 2. The predicted molar refractivity (Wildman–Crippen MR) is 132 cm³/mol. The lowest BCUT2D eigenvalue weighted by molar-refractivity contribution is -0.143. The van der Waals surface area contributed by atoms with E-state index in [2.05, 4.69) is 10.6 Å². The third-order valence-electron chi connectivity index (χ3n) is 6.09. The highest BCUT2D eigenvalue weighted by atomic mass is 16.4. The van der Waals surface area contributed by atoms with Crippen molar-refractivity contribution in [3.8, 4) is 0 Å². The van der Waals surface area contributed by atoms with Crippen LogP contribution in [0.25, 0.3) is 0 Å². The number of aliphatic carboxylic acids is 1. The monoisotopic (exact) mass is 503 g/mol. The van der Waals surface area contributed by atoms with Gasteiger partial charge in [0, 0.05) is 19.4 Å². The number of hydrogen-bond acceptors (Lipinski definition) is 6. The number of carboxylic acids is 1. The second-order valence-electron chi connectivity index (χ2n) is 9.58. The third kappa shape index (κ3) is 8.63. The first-order chi connectivity index (χ1) is 17.0. The van der Waals surface area contributed by atoms with Crippen LogP contribution in [0.3, 0.4) is 0 Å². The van der Waals surface area contributed by atoms with Gasteiger partial charge in [-0.25, -0.2) is 4.79 Å². The molecule has 1 aliphatic rings. The summed E-state index contributed by atoms with van der Waals surface area (Å²) >= 11 is 0. The highest BCUT2D eigenvalue weighted by Gasteiger charge is 2.38. The van der Waals surface area contributed by atoms with Crippen LogP contribution < -0.4 is 22.1 Å². The van der Waals surface area contributed by atoms with Crippen LogP contribution in [0.4, 0.5) is 0 Å². The van der Waals surface area contributed by atoms with Crippen molar-refractivity contribution < 1.29 is 29.1 Å². The molecule has 1 aromatic carbocycles. The van der Waals surface area contributed by atoms with E-state index >= 15 is 0 Å². The summed E-state index contributed by atoms with van der Waals surface area (Å²) in [5.74, 6) is -3.33. The average Bonchev–Trinajstić information content (AvgIpc) is 3.30. The highest BCUT2D eigenvalue weighted by molar-refractivity contribution is 5.94. The fourth-order valence-electron chi connectivity index (χ4n) is 4.27. The summed E-state index contributed by atoms with van der Waals surface area (Å²) in [4.78, 5) is 63.5. The van der Waals surface area contributed by atoms with Crippen LogP contribution in [-0.2, 0) is 30.4 Å². The smallest absolute Gasteiger partial charge is 0.326 e. The number of nitrogens with one attached hydrogen (secondary N) is 2. The van der Waals surface area contributed by atoms with E-state index < -0.39 is 47.9 Å². The fourth-order valence-corrected chi connectivity index (χ4v) is 4.27. The Morgan fingerprint density at radius 3 is 2.33 bits per heavy atom. The van der Waals surface area contributed by atoms with Crippen molar-refractivity contribution in [2.75, 3.05) is 6.54 Å². The van der Waals surface area contributed by atoms with E-state index in [1.54, 1.807) is 30.3 Å². The first kappa shape index (κ1) is 28.8. The van der Waals surface area contributed by atoms with E-state index in [-0.39, 0.29) is 31.1 Å². The van der Waals surface area contributed by atoms with Gasteiger partial charge in [0.05, 0.1) is 6.04 Å². The minimum atomic E-state index is -1.24. The molecule has 1 aromatic rings.